The van der Waals surface area contributed by atoms with Crippen LogP contribution in [0.15, 0.2) is 46.5 Å². The topological polar surface area (TPSA) is 34.1 Å². The minimum atomic E-state index is -3.94. The highest BCUT2D eigenvalue weighted by atomic mass is 32.2. The number of benzene rings is 1. The third-order valence-electron chi connectivity index (χ3n) is 2.67. The monoisotopic (exact) mass is 270 g/mol. The Bertz CT molecular complexity index is 478. The zero-order chi connectivity index (χ0) is 13.4. The zero-order valence-corrected chi connectivity index (χ0v) is 11.4. The fourth-order valence-electron chi connectivity index (χ4n) is 1.61. The highest BCUT2D eigenvalue weighted by molar-refractivity contribution is 7.95. The SMILES string of the molecule is CCCCCC/C=C(\F)S(=O)(=O)c1ccccc1. The summed E-state index contributed by atoms with van der Waals surface area (Å²) in [5, 5.41) is -1.04. The lowest BCUT2D eigenvalue weighted by Gasteiger charge is -2.01. The first-order valence-corrected chi connectivity index (χ1v) is 7.73. The summed E-state index contributed by atoms with van der Waals surface area (Å²) in [6, 6.07) is 7.67. The number of sulfone groups is 1. The van der Waals surface area contributed by atoms with Gasteiger partial charge in [0.1, 0.15) is 0 Å². The number of unbranched alkanes of at least 4 members (excludes halogenated alkanes) is 4. The summed E-state index contributed by atoms with van der Waals surface area (Å²) in [4.78, 5) is 0.00677. The fourth-order valence-corrected chi connectivity index (χ4v) is 2.69. The summed E-state index contributed by atoms with van der Waals surface area (Å²) >= 11 is 0. The molecule has 0 atom stereocenters. The normalized spacial score (nSPS) is 12.7. The van der Waals surface area contributed by atoms with Gasteiger partial charge < -0.3 is 0 Å². The van der Waals surface area contributed by atoms with Crippen LogP contribution < -0.4 is 0 Å². The Balaban J connectivity index is 2.65. The van der Waals surface area contributed by atoms with E-state index in [2.05, 4.69) is 6.92 Å². The molecule has 0 aliphatic heterocycles. The molecule has 0 radical (unpaired) electrons. The molecule has 0 heterocycles. The highest BCUT2D eigenvalue weighted by Gasteiger charge is 2.19. The van der Waals surface area contributed by atoms with Gasteiger partial charge in [-0.3, -0.25) is 0 Å². The van der Waals surface area contributed by atoms with Gasteiger partial charge in [-0.05, 0) is 31.1 Å². The summed E-state index contributed by atoms with van der Waals surface area (Å²) in [5.41, 5.74) is 0. The summed E-state index contributed by atoms with van der Waals surface area (Å²) < 4.78 is 37.3. The van der Waals surface area contributed by atoms with Gasteiger partial charge in [0.2, 0.25) is 15.0 Å². The maximum Gasteiger partial charge on any atom is 0.232 e. The molecule has 1 aromatic carbocycles. The Labute approximate surface area is 108 Å². The molecule has 0 unspecified atom stereocenters. The Morgan fingerprint density at radius 2 is 1.83 bits per heavy atom. The first-order valence-electron chi connectivity index (χ1n) is 6.25. The Morgan fingerprint density at radius 1 is 1.17 bits per heavy atom. The Kier molecular flexibility index (Phi) is 6.05. The van der Waals surface area contributed by atoms with E-state index in [9.17, 15) is 12.8 Å². The van der Waals surface area contributed by atoms with Crippen LogP contribution in [0, 0.1) is 0 Å². The lowest BCUT2D eigenvalue weighted by molar-refractivity contribution is 0.574. The molecule has 0 aliphatic rings. The molecule has 0 aliphatic carbocycles. The maximum absolute atomic E-state index is 13.6. The Morgan fingerprint density at radius 3 is 2.44 bits per heavy atom. The van der Waals surface area contributed by atoms with Gasteiger partial charge in [-0.15, -0.1) is 0 Å². The highest BCUT2D eigenvalue weighted by Crippen LogP contribution is 2.20. The molecule has 0 saturated carbocycles. The van der Waals surface area contributed by atoms with Crippen molar-refractivity contribution in [1.29, 1.82) is 0 Å². The van der Waals surface area contributed by atoms with E-state index in [-0.39, 0.29) is 4.90 Å². The van der Waals surface area contributed by atoms with Crippen molar-refractivity contribution < 1.29 is 12.8 Å². The van der Waals surface area contributed by atoms with Crippen molar-refractivity contribution in [3.63, 3.8) is 0 Å². The largest absolute Gasteiger partial charge is 0.232 e. The van der Waals surface area contributed by atoms with Crippen molar-refractivity contribution in [3.8, 4) is 0 Å². The number of rotatable bonds is 7. The van der Waals surface area contributed by atoms with Gasteiger partial charge in [0.25, 0.3) is 0 Å². The third-order valence-corrected chi connectivity index (χ3v) is 4.25. The van der Waals surface area contributed by atoms with Gasteiger partial charge in [-0.1, -0.05) is 44.4 Å². The molecule has 0 aromatic heterocycles. The van der Waals surface area contributed by atoms with Crippen LogP contribution in [-0.2, 0) is 9.84 Å². The smallest absolute Gasteiger partial charge is 0.216 e. The average molecular weight is 270 g/mol. The molecule has 0 saturated heterocycles. The van der Waals surface area contributed by atoms with Gasteiger partial charge in [0.05, 0.1) is 4.90 Å². The van der Waals surface area contributed by atoms with Gasteiger partial charge in [0.15, 0.2) is 0 Å². The van der Waals surface area contributed by atoms with Crippen LogP contribution >= 0.6 is 0 Å². The number of hydrogen-bond donors (Lipinski definition) is 0. The van der Waals surface area contributed by atoms with Crippen molar-refractivity contribution in [2.24, 2.45) is 0 Å². The molecule has 1 aromatic rings. The van der Waals surface area contributed by atoms with Gasteiger partial charge in [-0.2, -0.15) is 4.39 Å². The number of halogens is 1. The van der Waals surface area contributed by atoms with Gasteiger partial charge >= 0.3 is 0 Å². The summed E-state index contributed by atoms with van der Waals surface area (Å²) in [7, 11) is -3.94. The van der Waals surface area contributed by atoms with E-state index >= 15 is 0 Å². The van der Waals surface area contributed by atoms with Crippen molar-refractivity contribution in [1.82, 2.24) is 0 Å². The van der Waals surface area contributed by atoms with E-state index in [1.807, 2.05) is 0 Å². The van der Waals surface area contributed by atoms with E-state index in [0.29, 0.717) is 6.42 Å². The summed E-state index contributed by atoms with van der Waals surface area (Å²) in [6.45, 7) is 2.09. The molecule has 100 valence electrons. The van der Waals surface area contributed by atoms with Crippen LogP contribution in [-0.4, -0.2) is 8.42 Å². The molecule has 0 spiro atoms. The van der Waals surface area contributed by atoms with Crippen LogP contribution in [0.4, 0.5) is 4.39 Å². The van der Waals surface area contributed by atoms with Crippen molar-refractivity contribution >= 4 is 9.84 Å². The fraction of sp³-hybridized carbons (Fsp3) is 0.429. The van der Waals surface area contributed by atoms with E-state index in [0.717, 1.165) is 25.7 Å². The van der Waals surface area contributed by atoms with Crippen molar-refractivity contribution in [2.75, 3.05) is 0 Å². The number of allylic oxidation sites excluding steroid dienone is 1. The van der Waals surface area contributed by atoms with E-state index in [1.54, 1.807) is 18.2 Å². The second kappa shape index (κ2) is 7.31. The first kappa shape index (κ1) is 14.9. The molecule has 0 bridgehead atoms. The molecular formula is C14H19FO2S. The van der Waals surface area contributed by atoms with Crippen LogP contribution in [0.5, 0.6) is 0 Å². The van der Waals surface area contributed by atoms with Gasteiger partial charge in [-0.25, -0.2) is 8.42 Å². The van der Waals surface area contributed by atoms with Crippen LogP contribution in [0.1, 0.15) is 39.0 Å². The average Bonchev–Trinajstić information content (AvgIpc) is 2.39. The maximum atomic E-state index is 13.6. The quantitative estimate of drug-likeness (QED) is 0.694. The predicted octanol–water partition coefficient (Wildman–Crippen LogP) is 4.24. The summed E-state index contributed by atoms with van der Waals surface area (Å²) in [5.74, 6) is 0. The number of hydrogen-bond acceptors (Lipinski definition) is 2. The van der Waals surface area contributed by atoms with Crippen LogP contribution in [0.3, 0.4) is 0 Å². The van der Waals surface area contributed by atoms with Gasteiger partial charge in [0, 0.05) is 0 Å². The third kappa shape index (κ3) is 4.26. The molecular weight excluding hydrogens is 251 g/mol. The van der Waals surface area contributed by atoms with E-state index in [1.165, 1.54) is 18.2 Å². The molecule has 0 amide bonds. The van der Waals surface area contributed by atoms with E-state index in [4.69, 9.17) is 0 Å². The van der Waals surface area contributed by atoms with Crippen molar-refractivity contribution in [3.05, 3.63) is 41.6 Å². The minimum absolute atomic E-state index is 0.00677. The molecule has 1 rings (SSSR count). The van der Waals surface area contributed by atoms with E-state index < -0.39 is 15.0 Å². The lowest BCUT2D eigenvalue weighted by atomic mass is 10.2. The van der Waals surface area contributed by atoms with Crippen LogP contribution in [0.2, 0.25) is 0 Å². The molecule has 0 N–H and O–H groups in total. The predicted molar refractivity (Wildman–Crippen MR) is 71.6 cm³/mol. The molecule has 2 nitrogen and oxygen atoms in total. The molecule has 4 heteroatoms. The lowest BCUT2D eigenvalue weighted by Crippen LogP contribution is -2.01. The van der Waals surface area contributed by atoms with Crippen LogP contribution in [0.25, 0.3) is 0 Å². The minimum Gasteiger partial charge on any atom is -0.216 e. The second-order valence-electron chi connectivity index (χ2n) is 4.17. The van der Waals surface area contributed by atoms with Crippen molar-refractivity contribution in [2.45, 2.75) is 43.9 Å². The first-order chi connectivity index (χ1) is 8.59. The zero-order valence-electron chi connectivity index (χ0n) is 10.6. The molecule has 0 fully saturated rings. The molecule has 18 heavy (non-hydrogen) atoms. The second-order valence-corrected chi connectivity index (χ2v) is 6.04. The standard InChI is InChI=1S/C14H19FO2S/c1-2-3-4-5-9-12-14(15)18(16,17)13-10-7-6-8-11-13/h6-8,10-12H,2-5,9H2,1H3/b14-12+. The summed E-state index contributed by atoms with van der Waals surface area (Å²) in [6.07, 6.45) is 5.68. The Hall–Kier alpha value is -1.16.